The number of rotatable bonds is 10. The molecule has 0 amide bonds. The average molecular weight is 445 g/mol. The first kappa shape index (κ1) is 22.4. The Labute approximate surface area is 192 Å². The zero-order chi connectivity index (χ0) is 23.2. The van der Waals surface area contributed by atoms with E-state index in [2.05, 4.69) is 27.5 Å². The molecule has 33 heavy (non-hydrogen) atoms. The molecule has 0 saturated heterocycles. The first-order valence-electron chi connectivity index (χ1n) is 11.4. The number of aromatic amines is 1. The number of aromatic nitrogens is 6. The summed E-state index contributed by atoms with van der Waals surface area (Å²) in [5, 5.41) is 14.4. The van der Waals surface area contributed by atoms with Gasteiger partial charge in [0.2, 0.25) is 5.82 Å². The number of hydrogen-bond donors (Lipinski definition) is 1. The summed E-state index contributed by atoms with van der Waals surface area (Å²) in [4.78, 5) is 25.0. The Hall–Kier alpha value is -3.81. The normalized spacial score (nSPS) is 11.1. The lowest BCUT2D eigenvalue weighted by atomic mass is 9.98. The van der Waals surface area contributed by atoms with Crippen molar-refractivity contribution in [1.29, 1.82) is 0 Å². The van der Waals surface area contributed by atoms with Gasteiger partial charge < -0.3 is 0 Å². The second-order valence-corrected chi connectivity index (χ2v) is 8.05. The number of hydrogen-bond acceptors (Lipinski definition) is 5. The van der Waals surface area contributed by atoms with E-state index in [-0.39, 0.29) is 5.69 Å². The van der Waals surface area contributed by atoms with Crippen molar-refractivity contribution in [1.82, 2.24) is 29.8 Å². The van der Waals surface area contributed by atoms with Gasteiger partial charge in [-0.3, -0.25) is 13.9 Å². The van der Waals surface area contributed by atoms with Crippen molar-refractivity contribution < 1.29 is 4.79 Å². The summed E-state index contributed by atoms with van der Waals surface area (Å²) in [7, 11) is 0. The molecule has 8 heteroatoms. The third kappa shape index (κ3) is 4.55. The van der Waals surface area contributed by atoms with Gasteiger partial charge in [-0.2, -0.15) is 5.21 Å². The Balaban J connectivity index is 1.67. The number of aldehydes is 1. The zero-order valence-corrected chi connectivity index (χ0v) is 19.0. The van der Waals surface area contributed by atoms with Crippen LogP contribution in [0, 0.1) is 0 Å². The molecule has 1 N–H and O–H groups in total. The molecule has 0 atom stereocenters. The van der Waals surface area contributed by atoms with Gasteiger partial charge in [-0.15, -0.1) is 10.2 Å². The molecule has 2 aromatic heterocycles. The highest BCUT2D eigenvalue weighted by atomic mass is 16.2. The molecular weight excluding hydrogens is 416 g/mol. The van der Waals surface area contributed by atoms with Crippen LogP contribution in [0.4, 0.5) is 0 Å². The molecule has 170 valence electrons. The fourth-order valence-corrected chi connectivity index (χ4v) is 4.18. The van der Waals surface area contributed by atoms with E-state index < -0.39 is 0 Å². The molecule has 0 saturated carbocycles. The second-order valence-electron chi connectivity index (χ2n) is 8.05. The van der Waals surface area contributed by atoms with E-state index in [0.29, 0.717) is 31.0 Å². The summed E-state index contributed by atoms with van der Waals surface area (Å²) in [6.45, 7) is 5.10. The number of carbonyl (C=O) groups excluding carboxylic acids is 1. The number of nitrogens with one attached hydrogen (secondary N) is 1. The molecule has 8 nitrogen and oxygen atoms in total. The van der Waals surface area contributed by atoms with Gasteiger partial charge in [0, 0.05) is 12.1 Å². The summed E-state index contributed by atoms with van der Waals surface area (Å²) < 4.78 is 3.38. The lowest BCUT2D eigenvalue weighted by Gasteiger charge is -2.10. The maximum atomic E-state index is 13.1. The number of nitrogens with zero attached hydrogens (tertiary/aromatic N) is 5. The molecule has 0 aliphatic heterocycles. The van der Waals surface area contributed by atoms with E-state index >= 15 is 0 Å². The predicted octanol–water partition coefficient (Wildman–Crippen LogP) is 4.11. The SMILES string of the molecule is CCCCc1c(C=O)n(CCC)c(=O)n1Cc1ccc(-c2ccccc2-c2nn[nH]n2)cc1. The first-order chi connectivity index (χ1) is 16.2. The molecule has 0 bridgehead atoms. The summed E-state index contributed by atoms with van der Waals surface area (Å²) in [5.74, 6) is 0.542. The van der Waals surface area contributed by atoms with Gasteiger partial charge in [0.05, 0.1) is 12.2 Å². The van der Waals surface area contributed by atoms with Crippen molar-refractivity contribution in [2.45, 2.75) is 52.6 Å². The number of unbranched alkanes of at least 4 members (excludes halogenated alkanes) is 1. The Morgan fingerprint density at radius 2 is 1.73 bits per heavy atom. The monoisotopic (exact) mass is 444 g/mol. The third-order valence-electron chi connectivity index (χ3n) is 5.82. The van der Waals surface area contributed by atoms with Crippen LogP contribution in [0.25, 0.3) is 22.5 Å². The van der Waals surface area contributed by atoms with Gasteiger partial charge in [0.25, 0.3) is 0 Å². The Kier molecular flexibility index (Phi) is 6.92. The number of H-pyrrole nitrogens is 1. The molecule has 2 aromatic carbocycles. The predicted molar refractivity (Wildman–Crippen MR) is 127 cm³/mol. The van der Waals surface area contributed by atoms with Gasteiger partial charge in [-0.25, -0.2) is 4.79 Å². The zero-order valence-electron chi connectivity index (χ0n) is 19.0. The topological polar surface area (TPSA) is 98.5 Å². The van der Waals surface area contributed by atoms with Gasteiger partial charge in [-0.05, 0) is 41.2 Å². The average Bonchev–Trinajstić information content (AvgIpc) is 3.47. The molecule has 0 fully saturated rings. The van der Waals surface area contributed by atoms with Crippen LogP contribution < -0.4 is 5.69 Å². The van der Waals surface area contributed by atoms with Crippen molar-refractivity contribution in [2.75, 3.05) is 0 Å². The first-order valence-corrected chi connectivity index (χ1v) is 11.4. The highest BCUT2D eigenvalue weighted by molar-refractivity contribution is 5.80. The highest BCUT2D eigenvalue weighted by Gasteiger charge is 2.19. The van der Waals surface area contributed by atoms with Crippen LogP contribution >= 0.6 is 0 Å². The standard InChI is InChI=1S/C25H28N6O2/c1-3-5-10-22-23(17-32)30(15-4-2)25(33)31(22)16-18-11-13-19(14-12-18)20-8-6-7-9-21(20)24-26-28-29-27-24/h6-9,11-14,17H,3-5,10,15-16H2,1-2H3,(H,26,27,28,29). The summed E-state index contributed by atoms with van der Waals surface area (Å²) in [6.07, 6.45) is 4.28. The third-order valence-corrected chi connectivity index (χ3v) is 5.82. The smallest absolute Gasteiger partial charge is 0.296 e. The van der Waals surface area contributed by atoms with Crippen LogP contribution in [0.3, 0.4) is 0 Å². The van der Waals surface area contributed by atoms with Crippen molar-refractivity contribution in [3.63, 3.8) is 0 Å². The molecule has 0 aliphatic carbocycles. The van der Waals surface area contributed by atoms with Crippen LogP contribution in [0.2, 0.25) is 0 Å². The molecule has 0 aliphatic rings. The molecule has 4 aromatic rings. The molecule has 0 spiro atoms. The van der Waals surface area contributed by atoms with E-state index in [1.807, 2.05) is 55.5 Å². The van der Waals surface area contributed by atoms with Crippen molar-refractivity contribution in [2.24, 2.45) is 0 Å². The largest absolute Gasteiger partial charge is 0.329 e. The van der Waals surface area contributed by atoms with Crippen LogP contribution in [0.5, 0.6) is 0 Å². The molecule has 0 radical (unpaired) electrons. The van der Waals surface area contributed by atoms with E-state index in [0.717, 1.165) is 53.5 Å². The van der Waals surface area contributed by atoms with E-state index in [9.17, 15) is 9.59 Å². The van der Waals surface area contributed by atoms with Gasteiger partial charge in [-0.1, -0.05) is 68.8 Å². The van der Waals surface area contributed by atoms with Gasteiger partial charge in [0.1, 0.15) is 5.69 Å². The fraction of sp³-hybridized carbons (Fsp3) is 0.320. The molecular formula is C25H28N6O2. The number of imidazole rings is 1. The van der Waals surface area contributed by atoms with Crippen molar-refractivity contribution in [3.8, 4) is 22.5 Å². The molecule has 0 unspecified atom stereocenters. The van der Waals surface area contributed by atoms with Crippen LogP contribution in [0.1, 0.15) is 54.9 Å². The van der Waals surface area contributed by atoms with Crippen molar-refractivity contribution >= 4 is 6.29 Å². The van der Waals surface area contributed by atoms with Crippen LogP contribution in [0.15, 0.2) is 53.3 Å². The quantitative estimate of drug-likeness (QED) is 0.371. The lowest BCUT2D eigenvalue weighted by molar-refractivity contribution is 0.111. The maximum absolute atomic E-state index is 13.1. The molecule has 2 heterocycles. The number of benzene rings is 2. The van der Waals surface area contributed by atoms with E-state index in [1.54, 1.807) is 9.13 Å². The van der Waals surface area contributed by atoms with Crippen LogP contribution in [-0.2, 0) is 19.5 Å². The second kappa shape index (κ2) is 10.2. The van der Waals surface area contributed by atoms with Crippen LogP contribution in [-0.4, -0.2) is 36.0 Å². The minimum atomic E-state index is -0.114. The lowest BCUT2D eigenvalue weighted by Crippen LogP contribution is -2.26. The van der Waals surface area contributed by atoms with Gasteiger partial charge in [0.15, 0.2) is 6.29 Å². The summed E-state index contributed by atoms with van der Waals surface area (Å²) in [5.41, 5.74) is 5.15. The van der Waals surface area contributed by atoms with E-state index in [1.165, 1.54) is 0 Å². The summed E-state index contributed by atoms with van der Waals surface area (Å²) >= 11 is 0. The number of carbonyl (C=O) groups is 1. The Morgan fingerprint density at radius 3 is 2.36 bits per heavy atom. The fourth-order valence-electron chi connectivity index (χ4n) is 4.18. The highest BCUT2D eigenvalue weighted by Crippen LogP contribution is 2.29. The van der Waals surface area contributed by atoms with Gasteiger partial charge >= 0.3 is 5.69 Å². The maximum Gasteiger partial charge on any atom is 0.329 e. The van der Waals surface area contributed by atoms with E-state index in [4.69, 9.17) is 0 Å². The Bertz CT molecular complexity index is 1270. The number of tetrazole rings is 1. The summed E-state index contributed by atoms with van der Waals surface area (Å²) in [6, 6.07) is 16.0. The minimum absolute atomic E-state index is 0.114. The Morgan fingerprint density at radius 1 is 0.970 bits per heavy atom. The molecule has 4 rings (SSSR count). The minimum Gasteiger partial charge on any atom is -0.296 e. The van der Waals surface area contributed by atoms with Crippen molar-refractivity contribution in [3.05, 3.63) is 76.0 Å².